The first-order valence-electron chi connectivity index (χ1n) is 2.60. The number of thiol groups is 1. The minimum atomic E-state index is 0.879. The van der Waals surface area contributed by atoms with E-state index in [0.29, 0.717) is 0 Å². The molecule has 9 heavy (non-hydrogen) atoms. The molecule has 0 atom stereocenters. The summed E-state index contributed by atoms with van der Waals surface area (Å²) >= 11 is 4.01. The molecule has 1 rings (SSSR count). The maximum Gasteiger partial charge on any atom is 0.0511 e. The molecule has 1 heterocycles. The minimum absolute atomic E-state index is 0.879. The van der Waals surface area contributed by atoms with Crippen molar-refractivity contribution in [2.24, 2.45) is 0 Å². The third kappa shape index (κ3) is 2.28. The van der Waals surface area contributed by atoms with Crippen molar-refractivity contribution < 1.29 is 0 Å². The molecule has 0 bridgehead atoms. The van der Waals surface area contributed by atoms with Gasteiger partial charge in [0.25, 0.3) is 0 Å². The van der Waals surface area contributed by atoms with Crippen LogP contribution in [-0.2, 0) is 5.75 Å². The molecule has 0 unspecified atom stereocenters. The molecule has 0 aliphatic carbocycles. The van der Waals surface area contributed by atoms with Crippen molar-refractivity contribution in [3.8, 4) is 0 Å². The topological polar surface area (TPSA) is 12.9 Å². The molecule has 1 aromatic rings. The van der Waals surface area contributed by atoms with Crippen LogP contribution in [-0.4, -0.2) is 4.98 Å². The summed E-state index contributed by atoms with van der Waals surface area (Å²) in [5.41, 5.74) is 1.08. The first-order chi connectivity index (χ1) is 4.43. The number of aromatic nitrogens is 1. The summed E-state index contributed by atoms with van der Waals surface area (Å²) in [7, 11) is 1.49. The lowest BCUT2D eigenvalue weighted by atomic mass is 10.4. The van der Waals surface area contributed by atoms with Crippen molar-refractivity contribution in [3.63, 3.8) is 0 Å². The molecule has 0 fully saturated rings. The predicted molar refractivity (Wildman–Crippen MR) is 44.5 cm³/mol. The maximum atomic E-state index is 4.10. The highest BCUT2D eigenvalue weighted by atomic mass is 33.1. The molecule has 0 saturated carbocycles. The molecule has 0 N–H and O–H groups in total. The van der Waals surface area contributed by atoms with Crippen molar-refractivity contribution in [2.45, 2.75) is 5.75 Å². The Morgan fingerprint density at radius 2 is 2.44 bits per heavy atom. The van der Waals surface area contributed by atoms with Gasteiger partial charge in [0.05, 0.1) is 5.69 Å². The summed E-state index contributed by atoms with van der Waals surface area (Å²) in [4.78, 5) is 4.10. The van der Waals surface area contributed by atoms with Crippen LogP contribution in [0.15, 0.2) is 24.4 Å². The second kappa shape index (κ2) is 3.80. The van der Waals surface area contributed by atoms with Crippen LogP contribution in [0.1, 0.15) is 5.69 Å². The van der Waals surface area contributed by atoms with E-state index >= 15 is 0 Å². The number of pyridine rings is 1. The van der Waals surface area contributed by atoms with E-state index in [-0.39, 0.29) is 0 Å². The molecular weight excluding hydrogens is 150 g/mol. The van der Waals surface area contributed by atoms with Gasteiger partial charge in [0.2, 0.25) is 0 Å². The lowest BCUT2D eigenvalue weighted by molar-refractivity contribution is 1.18. The monoisotopic (exact) mass is 157 g/mol. The van der Waals surface area contributed by atoms with Crippen LogP contribution in [0.4, 0.5) is 0 Å². The molecular formula is C6H7NS2. The van der Waals surface area contributed by atoms with E-state index in [1.165, 1.54) is 10.8 Å². The summed E-state index contributed by atoms with van der Waals surface area (Å²) < 4.78 is 0. The van der Waals surface area contributed by atoms with Crippen molar-refractivity contribution in [1.82, 2.24) is 4.98 Å². The Bertz CT molecular complexity index is 164. The average molecular weight is 157 g/mol. The predicted octanol–water partition coefficient (Wildman–Crippen LogP) is 2.16. The number of nitrogens with zero attached hydrogens (tertiary/aromatic N) is 1. The van der Waals surface area contributed by atoms with Crippen LogP contribution in [0.2, 0.25) is 0 Å². The van der Waals surface area contributed by atoms with E-state index in [4.69, 9.17) is 0 Å². The van der Waals surface area contributed by atoms with Crippen LogP contribution in [0, 0.1) is 0 Å². The average Bonchev–Trinajstić information content (AvgIpc) is 1.91. The Kier molecular flexibility index (Phi) is 2.94. The zero-order valence-electron chi connectivity index (χ0n) is 4.82. The van der Waals surface area contributed by atoms with E-state index in [0.717, 1.165) is 11.4 Å². The largest absolute Gasteiger partial charge is 0.260 e. The van der Waals surface area contributed by atoms with Crippen molar-refractivity contribution >= 4 is 22.5 Å². The normalized spacial score (nSPS) is 9.44. The van der Waals surface area contributed by atoms with Gasteiger partial charge in [-0.25, -0.2) is 0 Å². The smallest absolute Gasteiger partial charge is 0.0511 e. The zero-order valence-corrected chi connectivity index (χ0v) is 6.53. The van der Waals surface area contributed by atoms with E-state index in [2.05, 4.69) is 16.6 Å². The SMILES string of the molecule is SSCc1ccccn1. The van der Waals surface area contributed by atoms with Gasteiger partial charge in [0.1, 0.15) is 0 Å². The number of hydrogen-bond donors (Lipinski definition) is 1. The molecule has 3 heteroatoms. The van der Waals surface area contributed by atoms with Gasteiger partial charge >= 0.3 is 0 Å². The van der Waals surface area contributed by atoms with Crippen molar-refractivity contribution in [3.05, 3.63) is 30.1 Å². The molecule has 1 aromatic heterocycles. The summed E-state index contributed by atoms with van der Waals surface area (Å²) in [6.07, 6.45) is 1.79. The molecule has 0 aliphatic heterocycles. The van der Waals surface area contributed by atoms with Gasteiger partial charge in [0.15, 0.2) is 0 Å². The highest BCUT2D eigenvalue weighted by Crippen LogP contribution is 2.11. The van der Waals surface area contributed by atoms with Gasteiger partial charge in [-0.3, -0.25) is 4.98 Å². The quantitative estimate of drug-likeness (QED) is 0.522. The Hall–Kier alpha value is -0.150. The highest BCUT2D eigenvalue weighted by Gasteiger charge is 1.87. The molecule has 0 spiro atoms. The van der Waals surface area contributed by atoms with Gasteiger partial charge < -0.3 is 0 Å². The van der Waals surface area contributed by atoms with E-state index in [9.17, 15) is 0 Å². The third-order valence-electron chi connectivity index (χ3n) is 0.939. The van der Waals surface area contributed by atoms with Crippen molar-refractivity contribution in [1.29, 1.82) is 0 Å². The van der Waals surface area contributed by atoms with Crippen molar-refractivity contribution in [2.75, 3.05) is 0 Å². The van der Waals surface area contributed by atoms with Gasteiger partial charge in [0, 0.05) is 11.9 Å². The van der Waals surface area contributed by atoms with Crippen LogP contribution < -0.4 is 0 Å². The summed E-state index contributed by atoms with van der Waals surface area (Å²) in [5, 5.41) is 0. The van der Waals surface area contributed by atoms with E-state index < -0.39 is 0 Å². The van der Waals surface area contributed by atoms with Gasteiger partial charge in [-0.2, -0.15) is 0 Å². The molecule has 48 valence electrons. The van der Waals surface area contributed by atoms with Crippen LogP contribution in [0.25, 0.3) is 0 Å². The number of rotatable bonds is 2. The lowest BCUT2D eigenvalue weighted by Gasteiger charge is -1.91. The summed E-state index contributed by atoms with van der Waals surface area (Å²) in [6.45, 7) is 0. The third-order valence-corrected chi connectivity index (χ3v) is 1.75. The molecule has 0 amide bonds. The fraction of sp³-hybridized carbons (Fsp3) is 0.167. The van der Waals surface area contributed by atoms with Gasteiger partial charge in [-0.05, 0) is 12.1 Å². The lowest BCUT2D eigenvalue weighted by Crippen LogP contribution is -1.80. The molecule has 0 saturated heterocycles. The fourth-order valence-corrected chi connectivity index (χ4v) is 1.25. The Morgan fingerprint density at radius 1 is 1.56 bits per heavy atom. The van der Waals surface area contributed by atoms with Gasteiger partial charge in [-0.1, -0.05) is 16.9 Å². The Labute approximate surface area is 63.7 Å². The first-order valence-corrected chi connectivity index (χ1v) is 4.63. The summed E-state index contributed by atoms with van der Waals surface area (Å²) in [5.74, 6) is 0.879. The standard InChI is InChI=1S/C6H7NS2/c8-9-5-6-3-1-2-4-7-6/h1-4,8H,5H2. The maximum absolute atomic E-state index is 4.10. The minimum Gasteiger partial charge on any atom is -0.260 e. The van der Waals surface area contributed by atoms with Crippen LogP contribution in [0.5, 0.6) is 0 Å². The Balaban J connectivity index is 2.61. The fourth-order valence-electron chi connectivity index (χ4n) is 0.550. The molecule has 0 aromatic carbocycles. The van der Waals surface area contributed by atoms with Gasteiger partial charge in [-0.15, -0.1) is 11.7 Å². The van der Waals surface area contributed by atoms with E-state index in [1.807, 2.05) is 18.2 Å². The molecule has 0 aliphatic rings. The van der Waals surface area contributed by atoms with E-state index in [1.54, 1.807) is 6.20 Å². The number of hydrogen-bond acceptors (Lipinski definition) is 3. The second-order valence-corrected chi connectivity index (χ2v) is 2.92. The van der Waals surface area contributed by atoms with Crippen LogP contribution in [0.3, 0.4) is 0 Å². The highest BCUT2D eigenvalue weighted by molar-refractivity contribution is 8.68. The zero-order chi connectivity index (χ0) is 6.53. The molecule has 0 radical (unpaired) electrons. The Morgan fingerprint density at radius 3 is 3.00 bits per heavy atom. The second-order valence-electron chi connectivity index (χ2n) is 1.59. The molecule has 1 nitrogen and oxygen atoms in total. The first kappa shape index (κ1) is 6.96. The summed E-state index contributed by atoms with van der Waals surface area (Å²) in [6, 6.07) is 5.88. The van der Waals surface area contributed by atoms with Crippen LogP contribution >= 0.6 is 22.5 Å².